The van der Waals surface area contributed by atoms with Gasteiger partial charge in [-0.2, -0.15) is 0 Å². The highest BCUT2D eigenvalue weighted by atomic mass is 35.5. The molecule has 0 saturated carbocycles. The van der Waals surface area contributed by atoms with Crippen LogP contribution in [0.2, 0.25) is 5.02 Å². The SMILES string of the molecule is CC1C=CC(OC(C)(C)C(=O)Nc2nnc(CCCCc3nnc(NC(=O)C(C)(C)Oc4ccc(Cl)cc4)s3)s2)=CC1. The fraction of sp³-hybridized carbons (Fsp3) is 0.448. The third-order valence-electron chi connectivity index (χ3n) is 6.34. The van der Waals surface area contributed by atoms with Crippen molar-refractivity contribution in [1.29, 1.82) is 0 Å². The number of ether oxygens (including phenoxy) is 2. The minimum absolute atomic E-state index is 0.280. The zero-order valence-electron chi connectivity index (χ0n) is 24.3. The average molecular weight is 631 g/mol. The maximum absolute atomic E-state index is 12.8. The Morgan fingerprint density at radius 3 is 1.90 bits per heavy atom. The van der Waals surface area contributed by atoms with E-state index in [1.54, 1.807) is 52.0 Å². The lowest BCUT2D eigenvalue weighted by Crippen LogP contribution is -2.42. The van der Waals surface area contributed by atoms with Crippen LogP contribution < -0.4 is 15.4 Å². The summed E-state index contributed by atoms with van der Waals surface area (Å²) < 4.78 is 11.8. The van der Waals surface area contributed by atoms with Gasteiger partial charge in [0.15, 0.2) is 11.2 Å². The standard InChI is InChI=1S/C29H35ClN6O4S2/c1-18-10-14-20(15-11-18)39-28(2,3)24(37)31-26-35-33-22(41-26)8-6-7-9-23-34-36-27(42-23)32-25(38)29(4,5)40-21-16-12-19(30)13-17-21/h10,12-18H,6-9,11H2,1-5H3,(H,31,35,37)(H,32,36,38). The summed E-state index contributed by atoms with van der Waals surface area (Å²) in [5.41, 5.74) is -2.17. The van der Waals surface area contributed by atoms with Crippen LogP contribution in [0.1, 0.15) is 63.9 Å². The Kier molecular flexibility index (Phi) is 10.3. The van der Waals surface area contributed by atoms with Gasteiger partial charge in [0.1, 0.15) is 21.5 Å². The van der Waals surface area contributed by atoms with Gasteiger partial charge in [-0.05, 0) is 89.3 Å². The number of carbonyl (C=O) groups is 2. The van der Waals surface area contributed by atoms with Crippen molar-refractivity contribution in [2.24, 2.45) is 5.92 Å². The summed E-state index contributed by atoms with van der Waals surface area (Å²) in [4.78, 5) is 25.6. The number of nitrogens with zero attached hydrogens (tertiary/aromatic N) is 4. The molecule has 1 atom stereocenters. The van der Waals surface area contributed by atoms with Crippen LogP contribution in [0.4, 0.5) is 10.3 Å². The van der Waals surface area contributed by atoms with E-state index in [2.05, 4.69) is 44.0 Å². The summed E-state index contributed by atoms with van der Waals surface area (Å²) in [6.45, 7) is 8.97. The van der Waals surface area contributed by atoms with Gasteiger partial charge in [0, 0.05) is 17.9 Å². The van der Waals surface area contributed by atoms with Gasteiger partial charge in [-0.1, -0.05) is 47.3 Å². The third kappa shape index (κ3) is 9.07. The summed E-state index contributed by atoms with van der Waals surface area (Å²) in [6, 6.07) is 6.83. The van der Waals surface area contributed by atoms with Gasteiger partial charge in [0.05, 0.1) is 0 Å². The fourth-order valence-corrected chi connectivity index (χ4v) is 5.51. The van der Waals surface area contributed by atoms with E-state index in [0.29, 0.717) is 32.7 Å². The molecule has 0 radical (unpaired) electrons. The van der Waals surface area contributed by atoms with Crippen LogP contribution in [-0.2, 0) is 27.2 Å². The van der Waals surface area contributed by atoms with Crippen molar-refractivity contribution in [1.82, 2.24) is 20.4 Å². The Balaban J connectivity index is 1.18. The number of allylic oxidation sites excluding steroid dienone is 3. The monoisotopic (exact) mass is 630 g/mol. The number of anilines is 2. The highest BCUT2D eigenvalue weighted by Gasteiger charge is 2.32. The van der Waals surface area contributed by atoms with Crippen molar-refractivity contribution in [3.8, 4) is 5.75 Å². The molecule has 2 N–H and O–H groups in total. The van der Waals surface area contributed by atoms with E-state index in [1.165, 1.54) is 22.7 Å². The van der Waals surface area contributed by atoms with Crippen LogP contribution in [0, 0.1) is 5.92 Å². The molecule has 0 fully saturated rings. The Bertz CT molecular complexity index is 1450. The molecule has 0 spiro atoms. The molecule has 1 aliphatic carbocycles. The first kappa shape index (κ1) is 31.6. The van der Waals surface area contributed by atoms with E-state index < -0.39 is 11.2 Å². The smallest absolute Gasteiger partial charge is 0.269 e. The van der Waals surface area contributed by atoms with Crippen LogP contribution in [0.5, 0.6) is 5.75 Å². The molecule has 1 aromatic carbocycles. The van der Waals surface area contributed by atoms with Gasteiger partial charge in [-0.3, -0.25) is 20.2 Å². The lowest BCUT2D eigenvalue weighted by Gasteiger charge is -2.26. The second-order valence-corrected chi connectivity index (χ2v) is 13.5. The van der Waals surface area contributed by atoms with Crippen LogP contribution in [0.25, 0.3) is 0 Å². The first-order valence-corrected chi connectivity index (χ1v) is 15.7. The Morgan fingerprint density at radius 1 is 0.881 bits per heavy atom. The Labute approximate surface area is 258 Å². The molecule has 0 saturated heterocycles. The molecule has 1 unspecified atom stereocenters. The second kappa shape index (κ2) is 13.7. The molecular weight excluding hydrogens is 596 g/mol. The summed E-state index contributed by atoms with van der Waals surface area (Å²) in [5.74, 6) is 1.10. The average Bonchev–Trinajstić information content (AvgIpc) is 3.58. The van der Waals surface area contributed by atoms with Crippen LogP contribution in [0.15, 0.2) is 48.3 Å². The summed E-state index contributed by atoms with van der Waals surface area (Å²) in [6.07, 6.45) is 10.0. The van der Waals surface area contributed by atoms with Crippen molar-refractivity contribution in [2.45, 2.75) is 77.9 Å². The number of nitrogens with one attached hydrogen (secondary N) is 2. The van der Waals surface area contributed by atoms with Gasteiger partial charge < -0.3 is 9.47 Å². The van der Waals surface area contributed by atoms with E-state index in [-0.39, 0.29) is 11.8 Å². The van der Waals surface area contributed by atoms with Crippen molar-refractivity contribution < 1.29 is 19.1 Å². The number of hydrogen-bond donors (Lipinski definition) is 2. The van der Waals surface area contributed by atoms with Crippen molar-refractivity contribution in [3.05, 3.63) is 63.3 Å². The first-order valence-electron chi connectivity index (χ1n) is 13.7. The number of unbranched alkanes of at least 4 members (excludes halogenated alkanes) is 1. The number of carbonyl (C=O) groups excluding carboxylic acids is 2. The molecule has 10 nitrogen and oxygen atoms in total. The van der Waals surface area contributed by atoms with Gasteiger partial charge in [-0.15, -0.1) is 20.4 Å². The lowest BCUT2D eigenvalue weighted by molar-refractivity contribution is -0.132. The number of aryl methyl sites for hydroxylation is 2. The highest BCUT2D eigenvalue weighted by Crippen LogP contribution is 2.26. The molecule has 2 amide bonds. The quantitative estimate of drug-likeness (QED) is 0.202. The van der Waals surface area contributed by atoms with E-state index in [0.717, 1.165) is 42.1 Å². The summed E-state index contributed by atoms with van der Waals surface area (Å²) >= 11 is 8.61. The normalized spacial score (nSPS) is 15.2. The zero-order chi connectivity index (χ0) is 30.3. The summed E-state index contributed by atoms with van der Waals surface area (Å²) in [7, 11) is 0. The zero-order valence-corrected chi connectivity index (χ0v) is 26.7. The van der Waals surface area contributed by atoms with Crippen LogP contribution >= 0.6 is 34.3 Å². The Morgan fingerprint density at radius 2 is 1.40 bits per heavy atom. The molecule has 0 aliphatic heterocycles. The number of aromatic nitrogens is 4. The maximum atomic E-state index is 12.8. The molecule has 42 heavy (non-hydrogen) atoms. The van der Waals surface area contributed by atoms with E-state index in [4.69, 9.17) is 21.1 Å². The van der Waals surface area contributed by atoms with E-state index in [1.807, 2.05) is 12.2 Å². The molecule has 0 bridgehead atoms. The molecular formula is C29H35ClN6O4S2. The minimum Gasteiger partial charge on any atom is -0.478 e. The topological polar surface area (TPSA) is 128 Å². The highest BCUT2D eigenvalue weighted by molar-refractivity contribution is 7.15. The second-order valence-electron chi connectivity index (χ2n) is 11.0. The van der Waals surface area contributed by atoms with Gasteiger partial charge in [0.25, 0.3) is 11.8 Å². The van der Waals surface area contributed by atoms with Crippen molar-refractivity contribution >= 4 is 56.4 Å². The summed E-state index contributed by atoms with van der Waals surface area (Å²) in [5, 5.41) is 25.4. The number of rotatable bonds is 13. The molecule has 2 aromatic heterocycles. The van der Waals surface area contributed by atoms with Gasteiger partial charge in [-0.25, -0.2) is 0 Å². The number of benzene rings is 1. The third-order valence-corrected chi connectivity index (χ3v) is 8.39. The van der Waals surface area contributed by atoms with Gasteiger partial charge >= 0.3 is 0 Å². The van der Waals surface area contributed by atoms with Crippen molar-refractivity contribution in [2.75, 3.05) is 10.6 Å². The van der Waals surface area contributed by atoms with Crippen molar-refractivity contribution in [3.63, 3.8) is 0 Å². The molecule has 13 heteroatoms. The molecule has 2 heterocycles. The number of hydrogen-bond acceptors (Lipinski definition) is 10. The number of halogens is 1. The largest absolute Gasteiger partial charge is 0.478 e. The number of amides is 2. The molecule has 224 valence electrons. The van der Waals surface area contributed by atoms with E-state index in [9.17, 15) is 9.59 Å². The fourth-order valence-electron chi connectivity index (χ4n) is 3.83. The predicted molar refractivity (Wildman–Crippen MR) is 166 cm³/mol. The lowest BCUT2D eigenvalue weighted by atomic mass is 10.0. The molecule has 1 aliphatic rings. The molecule has 3 aromatic rings. The van der Waals surface area contributed by atoms with Crippen LogP contribution in [0.3, 0.4) is 0 Å². The first-order chi connectivity index (χ1) is 19.9. The molecule has 4 rings (SSSR count). The minimum atomic E-state index is -1.12. The van der Waals surface area contributed by atoms with E-state index >= 15 is 0 Å². The van der Waals surface area contributed by atoms with Gasteiger partial charge in [0.2, 0.25) is 10.3 Å². The predicted octanol–water partition coefficient (Wildman–Crippen LogP) is 6.62. The maximum Gasteiger partial charge on any atom is 0.269 e. The van der Waals surface area contributed by atoms with Crippen LogP contribution in [-0.4, -0.2) is 43.4 Å². The Hall–Kier alpha value is -3.35.